The maximum Gasteiger partial charge on any atom is 0.0615 e. The maximum absolute atomic E-state index is 3.79. The first kappa shape index (κ1) is 7.41. The van der Waals surface area contributed by atoms with E-state index in [0.717, 1.165) is 12.8 Å². The number of hydrogen-bond donors (Lipinski definition) is 0. The van der Waals surface area contributed by atoms with E-state index in [0.29, 0.717) is 0 Å². The highest BCUT2D eigenvalue weighted by Crippen LogP contribution is 1.77. The highest BCUT2D eigenvalue weighted by molar-refractivity contribution is 5.57. The van der Waals surface area contributed by atoms with Gasteiger partial charge in [0.05, 0.1) is 6.21 Å². The van der Waals surface area contributed by atoms with Gasteiger partial charge in [0.15, 0.2) is 0 Å². The van der Waals surface area contributed by atoms with Gasteiger partial charge < -0.3 is 0 Å². The third-order valence-corrected chi connectivity index (χ3v) is 0.609. The molecule has 44 valence electrons. The van der Waals surface area contributed by atoms with Crippen LogP contribution in [0.3, 0.4) is 0 Å². The second-order valence-corrected chi connectivity index (χ2v) is 1.33. The quantitative estimate of drug-likeness (QED) is 0.492. The van der Waals surface area contributed by atoms with E-state index in [-0.39, 0.29) is 0 Å². The standard InChI is InChI=1S/C7H11N/c1-3-5-7-8-6-4-2/h7H,3-4H2,1-2H3. The van der Waals surface area contributed by atoms with Crippen LogP contribution in [-0.4, -0.2) is 6.21 Å². The number of aliphatic imine (C=N–C) groups is 1. The molecule has 0 aliphatic rings. The molecule has 0 aromatic rings. The Labute approximate surface area is 51.1 Å². The van der Waals surface area contributed by atoms with Gasteiger partial charge in [-0.05, 0) is 18.9 Å². The molecule has 0 bridgehead atoms. The van der Waals surface area contributed by atoms with Crippen LogP contribution in [-0.2, 0) is 0 Å². The fraction of sp³-hybridized carbons (Fsp3) is 0.571. The highest BCUT2D eigenvalue weighted by atomic mass is 14.7. The predicted molar refractivity (Wildman–Crippen MR) is 35.8 cm³/mol. The summed E-state index contributed by atoms with van der Waals surface area (Å²) in [6, 6.07) is 0. The van der Waals surface area contributed by atoms with Gasteiger partial charge in [-0.2, -0.15) is 0 Å². The van der Waals surface area contributed by atoms with Gasteiger partial charge in [0.2, 0.25) is 0 Å². The first-order valence-electron chi connectivity index (χ1n) is 2.89. The Morgan fingerprint density at radius 3 is 2.62 bits per heavy atom. The van der Waals surface area contributed by atoms with Crippen molar-refractivity contribution < 1.29 is 0 Å². The minimum absolute atomic E-state index is 0.877. The summed E-state index contributed by atoms with van der Waals surface area (Å²) in [6.45, 7) is 4.03. The van der Waals surface area contributed by atoms with Crippen molar-refractivity contribution in [1.29, 1.82) is 0 Å². The van der Waals surface area contributed by atoms with Crippen molar-refractivity contribution >= 4 is 6.21 Å². The van der Waals surface area contributed by atoms with Crippen LogP contribution >= 0.6 is 0 Å². The average molecular weight is 109 g/mol. The smallest absolute Gasteiger partial charge is 0.0615 e. The summed E-state index contributed by atoms with van der Waals surface area (Å²) >= 11 is 0. The molecule has 0 fully saturated rings. The molecular formula is C7H11N. The van der Waals surface area contributed by atoms with Crippen LogP contribution in [0.15, 0.2) is 11.2 Å². The Bertz CT molecular complexity index is 70.4. The Balaban J connectivity index is 3.13. The number of hydrogen-bond acceptors (Lipinski definition) is 1. The zero-order valence-corrected chi connectivity index (χ0v) is 5.44. The van der Waals surface area contributed by atoms with Crippen LogP contribution in [0.5, 0.6) is 0 Å². The molecule has 0 saturated carbocycles. The Hall–Kier alpha value is -0.590. The Kier molecular flexibility index (Phi) is 5.94. The van der Waals surface area contributed by atoms with E-state index in [1.54, 1.807) is 6.20 Å². The van der Waals surface area contributed by atoms with E-state index in [2.05, 4.69) is 17.3 Å². The molecule has 1 nitrogen and oxygen atoms in total. The van der Waals surface area contributed by atoms with Crippen LogP contribution in [0.25, 0.3) is 0 Å². The summed E-state index contributed by atoms with van der Waals surface area (Å²) in [5.74, 6) is 0. The van der Waals surface area contributed by atoms with Crippen LogP contribution < -0.4 is 0 Å². The van der Waals surface area contributed by atoms with Crippen LogP contribution in [0, 0.1) is 6.08 Å². The van der Waals surface area contributed by atoms with Gasteiger partial charge in [-0.3, -0.25) is 4.99 Å². The summed E-state index contributed by atoms with van der Waals surface area (Å²) in [4.78, 5) is 3.79. The monoisotopic (exact) mass is 109 g/mol. The van der Waals surface area contributed by atoms with E-state index < -0.39 is 0 Å². The molecule has 8 heavy (non-hydrogen) atoms. The number of nitrogens with zero attached hydrogens (tertiary/aromatic N) is 1. The molecule has 0 aliphatic heterocycles. The van der Waals surface area contributed by atoms with Gasteiger partial charge >= 0.3 is 0 Å². The molecule has 0 atom stereocenters. The molecule has 1 heteroatoms. The summed E-state index contributed by atoms with van der Waals surface area (Å²) < 4.78 is 0. The van der Waals surface area contributed by atoms with E-state index in [4.69, 9.17) is 0 Å². The summed E-state index contributed by atoms with van der Waals surface area (Å²) in [5, 5.41) is 0. The molecule has 0 amide bonds. The molecule has 0 heterocycles. The third kappa shape index (κ3) is 5.41. The normalized spacial score (nSPS) is 11.8. The van der Waals surface area contributed by atoms with Gasteiger partial charge in [0.1, 0.15) is 0 Å². The molecule has 0 aromatic heterocycles. The second kappa shape index (κ2) is 6.41. The number of rotatable bonds is 3. The molecule has 2 radical (unpaired) electrons. The topological polar surface area (TPSA) is 12.4 Å². The maximum atomic E-state index is 3.79. The summed E-state index contributed by atoms with van der Waals surface area (Å²) in [6.07, 6.45) is 9.18. The fourth-order valence-electron chi connectivity index (χ4n) is 0.274. The van der Waals surface area contributed by atoms with Crippen LogP contribution in [0.2, 0.25) is 0 Å². The molecule has 0 saturated heterocycles. The molecule has 0 unspecified atom stereocenters. The van der Waals surface area contributed by atoms with E-state index in [1.807, 2.05) is 13.8 Å². The minimum Gasteiger partial charge on any atom is -0.259 e. The minimum atomic E-state index is 0.877. The molecule has 0 rings (SSSR count). The van der Waals surface area contributed by atoms with Crippen molar-refractivity contribution in [3.63, 3.8) is 0 Å². The first-order chi connectivity index (χ1) is 3.91. The fourth-order valence-corrected chi connectivity index (χ4v) is 0.274. The highest BCUT2D eigenvalue weighted by Gasteiger charge is 1.64. The molecular weight excluding hydrogens is 98.1 g/mol. The van der Waals surface area contributed by atoms with Crippen LogP contribution in [0.1, 0.15) is 26.7 Å². The molecule has 0 aromatic carbocycles. The van der Waals surface area contributed by atoms with Gasteiger partial charge in [0, 0.05) is 6.20 Å². The molecule has 0 aliphatic carbocycles. The Morgan fingerprint density at radius 1 is 1.38 bits per heavy atom. The van der Waals surface area contributed by atoms with Crippen molar-refractivity contribution in [2.24, 2.45) is 4.99 Å². The lowest BCUT2D eigenvalue weighted by Gasteiger charge is -1.72. The van der Waals surface area contributed by atoms with E-state index >= 15 is 0 Å². The summed E-state index contributed by atoms with van der Waals surface area (Å²) in [5.41, 5.74) is 0. The van der Waals surface area contributed by atoms with Crippen molar-refractivity contribution in [2.75, 3.05) is 0 Å². The van der Waals surface area contributed by atoms with Crippen molar-refractivity contribution in [3.05, 3.63) is 12.3 Å². The van der Waals surface area contributed by atoms with Crippen molar-refractivity contribution in [3.8, 4) is 0 Å². The zero-order valence-electron chi connectivity index (χ0n) is 5.44. The number of allylic oxidation sites excluding steroid dienone is 1. The van der Waals surface area contributed by atoms with Gasteiger partial charge in [-0.1, -0.05) is 13.8 Å². The van der Waals surface area contributed by atoms with E-state index in [1.165, 1.54) is 0 Å². The lowest BCUT2D eigenvalue weighted by molar-refractivity contribution is 1.17. The summed E-state index contributed by atoms with van der Waals surface area (Å²) in [7, 11) is 0. The lowest BCUT2D eigenvalue weighted by Crippen LogP contribution is -1.62. The second-order valence-electron chi connectivity index (χ2n) is 1.33. The predicted octanol–water partition coefficient (Wildman–Crippen LogP) is 2.07. The molecule has 0 N–H and O–H groups in total. The van der Waals surface area contributed by atoms with E-state index in [9.17, 15) is 0 Å². The van der Waals surface area contributed by atoms with Crippen LogP contribution in [0.4, 0.5) is 0 Å². The van der Waals surface area contributed by atoms with Gasteiger partial charge in [-0.25, -0.2) is 0 Å². The third-order valence-electron chi connectivity index (χ3n) is 0.609. The van der Waals surface area contributed by atoms with Crippen molar-refractivity contribution in [2.45, 2.75) is 26.7 Å². The average Bonchev–Trinajstić information content (AvgIpc) is 1.81. The largest absolute Gasteiger partial charge is 0.259 e. The lowest BCUT2D eigenvalue weighted by atomic mass is 10.5. The Morgan fingerprint density at radius 2 is 2.12 bits per heavy atom. The van der Waals surface area contributed by atoms with Gasteiger partial charge in [0.25, 0.3) is 0 Å². The van der Waals surface area contributed by atoms with Crippen molar-refractivity contribution in [1.82, 2.24) is 0 Å². The van der Waals surface area contributed by atoms with Gasteiger partial charge in [-0.15, -0.1) is 0 Å². The SMILES string of the molecule is CC/[C]=C\N=[C]/CC. The molecule has 0 spiro atoms. The zero-order chi connectivity index (χ0) is 6.24. The first-order valence-corrected chi connectivity index (χ1v) is 2.89.